The highest BCUT2D eigenvalue weighted by atomic mass is 16.4. The first kappa shape index (κ1) is 12.1. The van der Waals surface area contributed by atoms with Gasteiger partial charge in [0.15, 0.2) is 0 Å². The molecule has 1 aliphatic rings. The molecule has 0 aliphatic heterocycles. The molecule has 3 N–H and O–H groups in total. The monoisotopic (exact) mass is 233 g/mol. The van der Waals surface area contributed by atoms with Crippen LogP contribution in [0.15, 0.2) is 24.3 Å². The molecule has 0 unspecified atom stereocenters. The third-order valence-corrected chi connectivity index (χ3v) is 3.66. The van der Waals surface area contributed by atoms with Crippen molar-refractivity contribution in [1.82, 2.24) is 0 Å². The van der Waals surface area contributed by atoms with E-state index in [0.717, 1.165) is 24.8 Å². The lowest BCUT2D eigenvalue weighted by atomic mass is 9.84. The Kier molecular flexibility index (Phi) is 2.74. The van der Waals surface area contributed by atoms with Gasteiger partial charge >= 0.3 is 5.97 Å². The number of carbonyl (C=O) groups is 1. The zero-order valence-corrected chi connectivity index (χ0v) is 10.4. The number of hydrogen-bond donors (Lipinski definition) is 2. The second kappa shape index (κ2) is 3.84. The number of carboxylic acid groups (broad SMARTS) is 1. The lowest BCUT2D eigenvalue weighted by Crippen LogP contribution is -2.28. The lowest BCUT2D eigenvalue weighted by molar-refractivity contribution is -0.142. The standard InChI is InChI=1S/C14H19NO2/c1-13(2,12(16)17)11-5-3-10(4-6-11)9-14(15)7-8-14/h3-6H,7-9,15H2,1-2H3,(H,16,17). The predicted molar refractivity (Wildman–Crippen MR) is 67.0 cm³/mol. The van der Waals surface area contributed by atoms with Crippen molar-refractivity contribution in [1.29, 1.82) is 0 Å². The smallest absolute Gasteiger partial charge is 0.313 e. The van der Waals surface area contributed by atoms with E-state index in [1.807, 2.05) is 24.3 Å². The summed E-state index contributed by atoms with van der Waals surface area (Å²) in [5.74, 6) is -0.803. The Labute approximate surface area is 102 Å². The Morgan fingerprint density at radius 1 is 1.35 bits per heavy atom. The van der Waals surface area contributed by atoms with E-state index in [1.165, 1.54) is 5.56 Å². The van der Waals surface area contributed by atoms with Gasteiger partial charge in [-0.1, -0.05) is 24.3 Å². The fraction of sp³-hybridized carbons (Fsp3) is 0.500. The summed E-state index contributed by atoms with van der Waals surface area (Å²) in [7, 11) is 0. The molecular weight excluding hydrogens is 214 g/mol. The molecular formula is C14H19NO2. The maximum atomic E-state index is 11.1. The van der Waals surface area contributed by atoms with Crippen LogP contribution < -0.4 is 5.73 Å². The molecule has 0 amide bonds. The van der Waals surface area contributed by atoms with Gasteiger partial charge in [-0.2, -0.15) is 0 Å². The number of hydrogen-bond acceptors (Lipinski definition) is 2. The number of nitrogens with two attached hydrogens (primary N) is 1. The van der Waals surface area contributed by atoms with Gasteiger partial charge in [-0.05, 0) is 44.2 Å². The Bertz CT molecular complexity index is 430. The molecule has 1 aliphatic carbocycles. The average Bonchev–Trinajstić information content (AvgIpc) is 2.96. The molecule has 2 rings (SSSR count). The molecule has 92 valence electrons. The van der Waals surface area contributed by atoms with Gasteiger partial charge in [0, 0.05) is 5.54 Å². The maximum absolute atomic E-state index is 11.1. The van der Waals surface area contributed by atoms with Crippen LogP contribution in [-0.4, -0.2) is 16.6 Å². The van der Waals surface area contributed by atoms with Gasteiger partial charge in [-0.3, -0.25) is 4.79 Å². The minimum Gasteiger partial charge on any atom is -0.481 e. The molecule has 0 heterocycles. The van der Waals surface area contributed by atoms with E-state index in [9.17, 15) is 4.79 Å². The second-order valence-electron chi connectivity index (χ2n) is 5.67. The average molecular weight is 233 g/mol. The Balaban J connectivity index is 2.15. The van der Waals surface area contributed by atoms with Gasteiger partial charge in [0.05, 0.1) is 5.41 Å². The molecule has 0 saturated heterocycles. The molecule has 1 aromatic rings. The van der Waals surface area contributed by atoms with Crippen molar-refractivity contribution in [3.8, 4) is 0 Å². The number of aliphatic carboxylic acids is 1. The molecule has 1 fully saturated rings. The van der Waals surface area contributed by atoms with E-state index < -0.39 is 11.4 Å². The van der Waals surface area contributed by atoms with Gasteiger partial charge in [0.1, 0.15) is 0 Å². The highest BCUT2D eigenvalue weighted by Crippen LogP contribution is 2.35. The number of benzene rings is 1. The van der Waals surface area contributed by atoms with Crippen LogP contribution in [0.4, 0.5) is 0 Å². The molecule has 1 aromatic carbocycles. The fourth-order valence-corrected chi connectivity index (χ4v) is 1.91. The van der Waals surface area contributed by atoms with Crippen LogP contribution in [0.3, 0.4) is 0 Å². The summed E-state index contributed by atoms with van der Waals surface area (Å²) < 4.78 is 0. The summed E-state index contributed by atoms with van der Waals surface area (Å²) in [6.45, 7) is 3.44. The van der Waals surface area contributed by atoms with Crippen LogP contribution in [0.5, 0.6) is 0 Å². The van der Waals surface area contributed by atoms with E-state index >= 15 is 0 Å². The molecule has 0 atom stereocenters. The Hall–Kier alpha value is -1.35. The lowest BCUT2D eigenvalue weighted by Gasteiger charge is -2.20. The van der Waals surface area contributed by atoms with Crippen molar-refractivity contribution in [2.75, 3.05) is 0 Å². The number of carboxylic acids is 1. The minimum absolute atomic E-state index is 0.00380. The van der Waals surface area contributed by atoms with E-state index in [-0.39, 0.29) is 5.54 Å². The summed E-state index contributed by atoms with van der Waals surface area (Å²) in [5.41, 5.74) is 7.24. The van der Waals surface area contributed by atoms with Gasteiger partial charge in [-0.25, -0.2) is 0 Å². The summed E-state index contributed by atoms with van der Waals surface area (Å²) >= 11 is 0. The van der Waals surface area contributed by atoms with Gasteiger partial charge in [0.25, 0.3) is 0 Å². The molecule has 3 nitrogen and oxygen atoms in total. The first-order chi connectivity index (χ1) is 7.83. The normalized spacial score (nSPS) is 17.8. The van der Waals surface area contributed by atoms with Crippen molar-refractivity contribution < 1.29 is 9.90 Å². The van der Waals surface area contributed by atoms with Crippen molar-refractivity contribution >= 4 is 5.97 Å². The summed E-state index contributed by atoms with van der Waals surface area (Å²) in [6.07, 6.45) is 3.07. The highest BCUT2D eigenvalue weighted by molar-refractivity contribution is 5.80. The van der Waals surface area contributed by atoms with Crippen molar-refractivity contribution in [2.45, 2.75) is 44.1 Å². The van der Waals surface area contributed by atoms with Crippen molar-refractivity contribution in [2.24, 2.45) is 5.73 Å². The van der Waals surface area contributed by atoms with Crippen LogP contribution in [0.2, 0.25) is 0 Å². The molecule has 0 aromatic heterocycles. The topological polar surface area (TPSA) is 63.3 Å². The predicted octanol–water partition coefficient (Wildman–Crippen LogP) is 2.08. The van der Waals surface area contributed by atoms with E-state index in [2.05, 4.69) is 0 Å². The fourth-order valence-electron chi connectivity index (χ4n) is 1.91. The van der Waals surface area contributed by atoms with Crippen LogP contribution in [0.1, 0.15) is 37.8 Å². The second-order valence-corrected chi connectivity index (χ2v) is 5.67. The van der Waals surface area contributed by atoms with Crippen LogP contribution >= 0.6 is 0 Å². The Morgan fingerprint density at radius 2 is 1.88 bits per heavy atom. The van der Waals surface area contributed by atoms with Crippen LogP contribution in [0.25, 0.3) is 0 Å². The molecule has 0 spiro atoms. The SMILES string of the molecule is CC(C)(C(=O)O)c1ccc(CC2(N)CC2)cc1. The van der Waals surface area contributed by atoms with E-state index in [0.29, 0.717) is 0 Å². The summed E-state index contributed by atoms with van der Waals surface area (Å²) in [6, 6.07) is 7.78. The highest BCUT2D eigenvalue weighted by Gasteiger charge is 2.38. The summed E-state index contributed by atoms with van der Waals surface area (Å²) in [5, 5.41) is 9.14. The zero-order chi connectivity index (χ0) is 12.7. The van der Waals surface area contributed by atoms with Gasteiger partial charge in [0.2, 0.25) is 0 Å². The molecule has 1 saturated carbocycles. The Morgan fingerprint density at radius 3 is 2.29 bits per heavy atom. The van der Waals surface area contributed by atoms with E-state index in [1.54, 1.807) is 13.8 Å². The van der Waals surface area contributed by atoms with Crippen molar-refractivity contribution in [3.05, 3.63) is 35.4 Å². The maximum Gasteiger partial charge on any atom is 0.313 e. The minimum atomic E-state index is -0.835. The van der Waals surface area contributed by atoms with Crippen LogP contribution in [0, 0.1) is 0 Å². The first-order valence-corrected chi connectivity index (χ1v) is 5.95. The molecule has 3 heteroatoms. The van der Waals surface area contributed by atoms with Crippen molar-refractivity contribution in [3.63, 3.8) is 0 Å². The molecule has 0 radical (unpaired) electrons. The van der Waals surface area contributed by atoms with Crippen LogP contribution in [-0.2, 0) is 16.6 Å². The van der Waals surface area contributed by atoms with Gasteiger partial charge < -0.3 is 10.8 Å². The molecule has 0 bridgehead atoms. The number of rotatable bonds is 4. The largest absolute Gasteiger partial charge is 0.481 e. The quantitative estimate of drug-likeness (QED) is 0.837. The third kappa shape index (κ3) is 2.50. The molecule has 17 heavy (non-hydrogen) atoms. The van der Waals surface area contributed by atoms with Gasteiger partial charge in [-0.15, -0.1) is 0 Å². The third-order valence-electron chi connectivity index (χ3n) is 3.66. The van der Waals surface area contributed by atoms with E-state index in [4.69, 9.17) is 10.8 Å². The first-order valence-electron chi connectivity index (χ1n) is 5.95. The summed E-state index contributed by atoms with van der Waals surface area (Å²) in [4.78, 5) is 11.1. The zero-order valence-electron chi connectivity index (χ0n) is 10.4.